The molecular weight excluding hydrogens is 296 g/mol. The van der Waals surface area contributed by atoms with E-state index in [1.54, 1.807) is 0 Å². The van der Waals surface area contributed by atoms with Crippen LogP contribution in [-0.4, -0.2) is 11.6 Å². The van der Waals surface area contributed by atoms with Gasteiger partial charge in [0.1, 0.15) is 0 Å². The van der Waals surface area contributed by atoms with Crippen molar-refractivity contribution in [3.05, 3.63) is 58.7 Å². The molecule has 0 radical (unpaired) electrons. The lowest BCUT2D eigenvalue weighted by atomic mass is 9.85. The van der Waals surface area contributed by atoms with Crippen molar-refractivity contribution in [1.29, 1.82) is 0 Å². The Kier molecular flexibility index (Phi) is 4.98. The number of carbonyl (C=O) groups is 2. The number of hydrogen-bond acceptors (Lipinski definition) is 2. The SMILES string of the molecule is CC1=C(/C=C/C=C/C=C/C2=C(C)C(=O)CC2(C)C)C(C)(C)CC1=O. The van der Waals surface area contributed by atoms with Crippen LogP contribution in [0.15, 0.2) is 58.7 Å². The monoisotopic (exact) mass is 324 g/mol. The van der Waals surface area contributed by atoms with Gasteiger partial charge >= 0.3 is 0 Å². The second kappa shape index (κ2) is 6.51. The van der Waals surface area contributed by atoms with E-state index in [4.69, 9.17) is 0 Å². The molecule has 0 unspecified atom stereocenters. The molecular formula is C22H28O2. The standard InChI is InChI=1S/C22H28O2/c1-15-17(21(3,4)13-19(15)23)11-9-7-8-10-12-18-16(2)20(24)14-22(18,5)6/h7-12H,13-14H2,1-6H3/b8-7+,11-9+,12-10+. The second-order valence-corrected chi connectivity index (χ2v) is 8.15. The van der Waals surface area contributed by atoms with Gasteiger partial charge in [-0.1, -0.05) is 64.2 Å². The highest BCUT2D eigenvalue weighted by Crippen LogP contribution is 2.41. The van der Waals surface area contributed by atoms with Crippen LogP contribution < -0.4 is 0 Å². The van der Waals surface area contributed by atoms with Gasteiger partial charge in [0.15, 0.2) is 11.6 Å². The number of rotatable bonds is 4. The highest BCUT2D eigenvalue weighted by molar-refractivity contribution is 6.00. The van der Waals surface area contributed by atoms with Crippen molar-refractivity contribution < 1.29 is 9.59 Å². The molecule has 0 saturated carbocycles. The third-order valence-electron chi connectivity index (χ3n) is 5.17. The molecule has 0 aromatic heterocycles. The van der Waals surface area contributed by atoms with Crippen LogP contribution in [0.25, 0.3) is 0 Å². The third kappa shape index (κ3) is 3.58. The zero-order valence-electron chi connectivity index (χ0n) is 15.7. The number of ketones is 2. The van der Waals surface area contributed by atoms with Crippen LogP contribution in [0, 0.1) is 10.8 Å². The number of allylic oxidation sites excluding steroid dienone is 10. The number of Topliss-reactive ketones (excluding diaryl/α,β-unsaturated/α-hetero) is 2. The van der Waals surface area contributed by atoms with Crippen molar-refractivity contribution in [1.82, 2.24) is 0 Å². The van der Waals surface area contributed by atoms with E-state index in [1.807, 2.05) is 50.3 Å². The molecule has 0 amide bonds. The maximum atomic E-state index is 11.8. The number of carbonyl (C=O) groups excluding carboxylic acids is 2. The van der Waals surface area contributed by atoms with Gasteiger partial charge in [-0.3, -0.25) is 9.59 Å². The van der Waals surface area contributed by atoms with Crippen molar-refractivity contribution in [3.8, 4) is 0 Å². The van der Waals surface area contributed by atoms with E-state index in [9.17, 15) is 9.59 Å². The zero-order valence-corrected chi connectivity index (χ0v) is 15.7. The van der Waals surface area contributed by atoms with E-state index >= 15 is 0 Å². The van der Waals surface area contributed by atoms with Crippen LogP contribution in [0.4, 0.5) is 0 Å². The van der Waals surface area contributed by atoms with Crippen molar-refractivity contribution in [2.24, 2.45) is 10.8 Å². The van der Waals surface area contributed by atoms with Gasteiger partial charge in [0.2, 0.25) is 0 Å². The fraction of sp³-hybridized carbons (Fsp3) is 0.455. The average molecular weight is 324 g/mol. The molecule has 2 heteroatoms. The van der Waals surface area contributed by atoms with Crippen molar-refractivity contribution in [2.75, 3.05) is 0 Å². The lowest BCUT2D eigenvalue weighted by molar-refractivity contribution is -0.116. The molecule has 0 N–H and O–H groups in total. The summed E-state index contributed by atoms with van der Waals surface area (Å²) in [5.41, 5.74) is 3.87. The summed E-state index contributed by atoms with van der Waals surface area (Å²) in [5, 5.41) is 0. The third-order valence-corrected chi connectivity index (χ3v) is 5.17. The Morgan fingerprint density at radius 1 is 0.667 bits per heavy atom. The minimum absolute atomic E-state index is 0.0719. The highest BCUT2D eigenvalue weighted by atomic mass is 16.1. The fourth-order valence-electron chi connectivity index (χ4n) is 3.71. The van der Waals surface area contributed by atoms with Crippen LogP contribution in [0.2, 0.25) is 0 Å². The van der Waals surface area contributed by atoms with E-state index < -0.39 is 0 Å². The van der Waals surface area contributed by atoms with Gasteiger partial charge in [0.25, 0.3) is 0 Å². The van der Waals surface area contributed by atoms with Crippen molar-refractivity contribution in [2.45, 2.75) is 54.4 Å². The Hall–Kier alpha value is -1.96. The van der Waals surface area contributed by atoms with Crippen LogP contribution in [-0.2, 0) is 9.59 Å². The molecule has 0 fully saturated rings. The van der Waals surface area contributed by atoms with Crippen molar-refractivity contribution >= 4 is 11.6 Å². The lowest BCUT2D eigenvalue weighted by Crippen LogP contribution is -2.09. The summed E-state index contributed by atoms with van der Waals surface area (Å²) >= 11 is 0. The largest absolute Gasteiger partial charge is 0.295 e. The first-order valence-corrected chi connectivity index (χ1v) is 8.57. The van der Waals surface area contributed by atoms with Crippen LogP contribution in [0.3, 0.4) is 0 Å². The predicted octanol–water partition coefficient (Wildman–Crippen LogP) is 5.29. The van der Waals surface area contributed by atoms with Gasteiger partial charge in [-0.15, -0.1) is 0 Å². The zero-order chi connectivity index (χ0) is 18.1. The fourth-order valence-corrected chi connectivity index (χ4v) is 3.71. The Morgan fingerprint density at radius 3 is 1.25 bits per heavy atom. The summed E-state index contributed by atoms with van der Waals surface area (Å²) in [6.45, 7) is 12.3. The quantitative estimate of drug-likeness (QED) is 0.659. The molecule has 0 aromatic rings. The van der Waals surface area contributed by atoms with Gasteiger partial charge in [-0.2, -0.15) is 0 Å². The molecule has 24 heavy (non-hydrogen) atoms. The van der Waals surface area contributed by atoms with Crippen LogP contribution in [0.5, 0.6) is 0 Å². The van der Waals surface area contributed by atoms with Crippen molar-refractivity contribution in [3.63, 3.8) is 0 Å². The van der Waals surface area contributed by atoms with Gasteiger partial charge < -0.3 is 0 Å². The average Bonchev–Trinajstić information content (AvgIpc) is 2.77. The minimum atomic E-state index is -0.0719. The molecule has 0 aromatic carbocycles. The molecule has 0 aliphatic heterocycles. The maximum absolute atomic E-state index is 11.8. The summed E-state index contributed by atoms with van der Waals surface area (Å²) in [4.78, 5) is 23.7. The van der Waals surface area contributed by atoms with E-state index in [2.05, 4.69) is 27.7 Å². The first-order chi connectivity index (χ1) is 11.1. The molecule has 0 spiro atoms. The summed E-state index contributed by atoms with van der Waals surface area (Å²) < 4.78 is 0. The molecule has 2 nitrogen and oxygen atoms in total. The second-order valence-electron chi connectivity index (χ2n) is 8.15. The molecule has 128 valence electrons. The first-order valence-electron chi connectivity index (χ1n) is 8.57. The van der Waals surface area contributed by atoms with E-state index in [-0.39, 0.29) is 22.4 Å². The summed E-state index contributed by atoms with van der Waals surface area (Å²) in [7, 11) is 0. The Bertz CT molecular complexity index is 657. The summed E-state index contributed by atoms with van der Waals surface area (Å²) in [6.07, 6.45) is 13.2. The molecule has 0 atom stereocenters. The predicted molar refractivity (Wildman–Crippen MR) is 99.6 cm³/mol. The molecule has 2 aliphatic rings. The maximum Gasteiger partial charge on any atom is 0.159 e. The van der Waals surface area contributed by atoms with E-state index in [0.29, 0.717) is 12.8 Å². The molecule has 0 bridgehead atoms. The van der Waals surface area contributed by atoms with Crippen LogP contribution >= 0.6 is 0 Å². The smallest absolute Gasteiger partial charge is 0.159 e. The lowest BCUT2D eigenvalue weighted by Gasteiger charge is -2.18. The van der Waals surface area contributed by atoms with Gasteiger partial charge in [-0.25, -0.2) is 0 Å². The summed E-state index contributed by atoms with van der Waals surface area (Å²) in [5.74, 6) is 0.498. The van der Waals surface area contributed by atoms with Crippen LogP contribution in [0.1, 0.15) is 54.4 Å². The molecule has 0 heterocycles. The van der Waals surface area contributed by atoms with Gasteiger partial charge in [-0.05, 0) is 47.0 Å². The van der Waals surface area contributed by atoms with E-state index in [0.717, 1.165) is 22.3 Å². The Labute approximate surface area is 145 Å². The highest BCUT2D eigenvalue weighted by Gasteiger charge is 2.35. The normalized spacial score (nSPS) is 23.9. The van der Waals surface area contributed by atoms with Gasteiger partial charge in [0, 0.05) is 12.8 Å². The summed E-state index contributed by atoms with van der Waals surface area (Å²) in [6, 6.07) is 0. The molecule has 0 saturated heterocycles. The number of hydrogen-bond donors (Lipinski definition) is 0. The topological polar surface area (TPSA) is 34.1 Å². The molecule has 2 rings (SSSR count). The van der Waals surface area contributed by atoms with Gasteiger partial charge in [0.05, 0.1) is 0 Å². The first kappa shape index (κ1) is 18.4. The molecule has 2 aliphatic carbocycles. The Balaban J connectivity index is 2.06. The van der Waals surface area contributed by atoms with E-state index in [1.165, 1.54) is 0 Å². The minimum Gasteiger partial charge on any atom is -0.295 e. The Morgan fingerprint density at radius 2 is 1.00 bits per heavy atom.